The number of carbonyl (C=O) groups excluding carboxylic acids is 2. The van der Waals surface area contributed by atoms with E-state index in [1.807, 2.05) is 0 Å². The van der Waals surface area contributed by atoms with E-state index in [9.17, 15) is 22.6 Å². The van der Waals surface area contributed by atoms with E-state index in [4.69, 9.17) is 18.5 Å². The molecular formula is C22H28NO9PS. The summed E-state index contributed by atoms with van der Waals surface area (Å²) in [7, 11) is -7.63. The first-order chi connectivity index (χ1) is 16.1. The first kappa shape index (κ1) is 27.4. The molecule has 0 heterocycles. The van der Waals surface area contributed by atoms with Crippen molar-refractivity contribution in [1.82, 2.24) is 5.09 Å². The van der Waals surface area contributed by atoms with Gasteiger partial charge in [0, 0.05) is 12.7 Å². The molecular weight excluding hydrogens is 485 g/mol. The van der Waals surface area contributed by atoms with Crippen LogP contribution < -0.4 is 14.1 Å². The normalized spacial score (nSPS) is 12.9. The number of esters is 2. The summed E-state index contributed by atoms with van der Waals surface area (Å²) < 4.78 is 58.0. The molecule has 0 aliphatic carbocycles. The van der Waals surface area contributed by atoms with Gasteiger partial charge >= 0.3 is 19.7 Å². The number of para-hydroxylation sites is 1. The molecule has 0 amide bonds. The monoisotopic (exact) mass is 513 g/mol. The smallest absolute Gasteiger partial charge is 0.466 e. The van der Waals surface area contributed by atoms with Gasteiger partial charge in [0.2, 0.25) is 0 Å². The second kappa shape index (κ2) is 12.5. The van der Waals surface area contributed by atoms with Gasteiger partial charge in [-0.05, 0) is 56.2 Å². The molecule has 1 N–H and O–H groups in total. The summed E-state index contributed by atoms with van der Waals surface area (Å²) in [5.41, 5.74) is 0.574. The van der Waals surface area contributed by atoms with E-state index in [1.165, 1.54) is 24.3 Å². The van der Waals surface area contributed by atoms with Crippen LogP contribution in [0.15, 0.2) is 53.4 Å². The van der Waals surface area contributed by atoms with Gasteiger partial charge in [-0.15, -0.1) is 0 Å². The van der Waals surface area contributed by atoms with E-state index >= 15 is 0 Å². The zero-order chi connectivity index (χ0) is 25.2. The molecule has 0 spiro atoms. The summed E-state index contributed by atoms with van der Waals surface area (Å²) in [4.78, 5) is 23.6. The van der Waals surface area contributed by atoms with Crippen LogP contribution in [0.4, 0.5) is 0 Å². The van der Waals surface area contributed by atoms with Gasteiger partial charge in [0.05, 0.1) is 18.1 Å². The number of carbonyl (C=O) groups is 2. The van der Waals surface area contributed by atoms with Crippen LogP contribution in [-0.2, 0) is 39.9 Å². The molecule has 0 fully saturated rings. The van der Waals surface area contributed by atoms with Crippen molar-refractivity contribution >= 4 is 29.5 Å². The Morgan fingerprint density at radius 1 is 0.912 bits per heavy atom. The summed E-state index contributed by atoms with van der Waals surface area (Å²) in [5.74, 6) is -0.823. The number of rotatable bonds is 13. The van der Waals surface area contributed by atoms with E-state index in [0.717, 1.165) is 6.26 Å². The summed E-state index contributed by atoms with van der Waals surface area (Å²) in [6.07, 6.45) is 1.41. The van der Waals surface area contributed by atoms with Gasteiger partial charge in [0.25, 0.3) is 0 Å². The third-order valence-corrected chi connectivity index (χ3v) is 6.86. The highest BCUT2D eigenvalue weighted by Gasteiger charge is 2.30. The molecule has 0 radical (unpaired) electrons. The minimum Gasteiger partial charge on any atom is -0.466 e. The average molecular weight is 514 g/mol. The van der Waals surface area contributed by atoms with Crippen molar-refractivity contribution in [2.24, 2.45) is 0 Å². The minimum absolute atomic E-state index is 0.0519. The molecule has 0 saturated heterocycles. The second-order valence-corrected chi connectivity index (χ2v) is 10.7. The SMILES string of the molecule is CCOC(=O)CCc1ccccc1OP(=O)(NCC(=O)OCC)Oc1ccc(S(C)(=O)=O)cc1. The molecule has 0 bridgehead atoms. The third kappa shape index (κ3) is 8.81. The molecule has 186 valence electrons. The highest BCUT2D eigenvalue weighted by atomic mass is 32.2. The van der Waals surface area contributed by atoms with Crippen LogP contribution in [0, 0.1) is 0 Å². The van der Waals surface area contributed by atoms with Gasteiger partial charge < -0.3 is 18.5 Å². The standard InChI is InChI=1S/C22H28NO9PS/c1-4-29-21(24)15-10-17-8-6-7-9-20(17)32-33(26,23-16-22(25)30-5-2)31-18-11-13-19(14-12-18)34(3,27)28/h6-9,11-14H,4-5,10,15-16H2,1-3H3,(H,23,26). The third-order valence-electron chi connectivity index (χ3n) is 4.29. The molecule has 10 nitrogen and oxygen atoms in total. The molecule has 1 unspecified atom stereocenters. The molecule has 34 heavy (non-hydrogen) atoms. The molecule has 0 aromatic heterocycles. The summed E-state index contributed by atoms with van der Waals surface area (Å²) >= 11 is 0. The van der Waals surface area contributed by atoms with Crippen molar-refractivity contribution in [3.8, 4) is 11.5 Å². The maximum atomic E-state index is 13.6. The Morgan fingerprint density at radius 3 is 2.15 bits per heavy atom. The Balaban J connectivity index is 2.27. The van der Waals surface area contributed by atoms with Crippen molar-refractivity contribution in [3.05, 3.63) is 54.1 Å². The Bertz CT molecular complexity index is 1130. The lowest BCUT2D eigenvalue weighted by atomic mass is 10.1. The highest BCUT2D eigenvalue weighted by Crippen LogP contribution is 2.45. The lowest BCUT2D eigenvalue weighted by Crippen LogP contribution is -2.26. The van der Waals surface area contributed by atoms with E-state index in [-0.39, 0.29) is 48.4 Å². The van der Waals surface area contributed by atoms with E-state index in [1.54, 1.807) is 38.1 Å². The zero-order valence-corrected chi connectivity index (χ0v) is 20.9. The first-order valence-electron chi connectivity index (χ1n) is 10.5. The van der Waals surface area contributed by atoms with E-state index in [0.29, 0.717) is 5.56 Å². The topological polar surface area (TPSA) is 134 Å². The quantitative estimate of drug-likeness (QED) is 0.314. The minimum atomic E-state index is -4.20. The van der Waals surface area contributed by atoms with Crippen LogP contribution in [-0.4, -0.2) is 46.4 Å². The number of hydrogen-bond acceptors (Lipinski definition) is 9. The van der Waals surface area contributed by atoms with Crippen LogP contribution in [0.3, 0.4) is 0 Å². The van der Waals surface area contributed by atoms with Gasteiger partial charge in [-0.25, -0.2) is 13.0 Å². The average Bonchev–Trinajstić information content (AvgIpc) is 2.77. The number of hydrogen-bond donors (Lipinski definition) is 1. The van der Waals surface area contributed by atoms with Crippen LogP contribution in [0.2, 0.25) is 0 Å². The molecule has 2 aromatic carbocycles. The van der Waals surface area contributed by atoms with Crippen molar-refractivity contribution in [2.75, 3.05) is 26.0 Å². The van der Waals surface area contributed by atoms with Crippen LogP contribution in [0.25, 0.3) is 0 Å². The van der Waals surface area contributed by atoms with Crippen molar-refractivity contribution < 1.29 is 41.1 Å². The lowest BCUT2D eigenvalue weighted by molar-refractivity contribution is -0.143. The van der Waals surface area contributed by atoms with Crippen molar-refractivity contribution in [1.29, 1.82) is 0 Å². The second-order valence-electron chi connectivity index (χ2n) is 6.98. The van der Waals surface area contributed by atoms with Crippen molar-refractivity contribution in [2.45, 2.75) is 31.6 Å². The molecule has 1 atom stereocenters. The van der Waals surface area contributed by atoms with Gasteiger partial charge in [0.15, 0.2) is 9.84 Å². The number of nitrogens with one attached hydrogen (secondary N) is 1. The van der Waals surface area contributed by atoms with Gasteiger partial charge in [-0.2, -0.15) is 5.09 Å². The molecule has 0 aliphatic rings. The maximum Gasteiger partial charge on any atom is 0.513 e. The fraction of sp³-hybridized carbons (Fsp3) is 0.364. The van der Waals surface area contributed by atoms with Gasteiger partial charge in [-0.3, -0.25) is 9.59 Å². The molecule has 2 rings (SSSR count). The summed E-state index contributed by atoms with van der Waals surface area (Å²) in [6, 6.07) is 11.9. The fourth-order valence-corrected chi connectivity index (χ4v) is 4.70. The van der Waals surface area contributed by atoms with Gasteiger partial charge in [-0.1, -0.05) is 18.2 Å². The summed E-state index contributed by atoms with van der Waals surface area (Å²) in [6.45, 7) is 3.28. The first-order valence-corrected chi connectivity index (χ1v) is 13.9. The Hall–Kier alpha value is -2.88. The van der Waals surface area contributed by atoms with E-state index in [2.05, 4.69) is 5.09 Å². The van der Waals surface area contributed by atoms with Crippen LogP contribution in [0.5, 0.6) is 11.5 Å². The molecule has 2 aromatic rings. The predicted octanol–water partition coefficient (Wildman–Crippen LogP) is 3.30. The number of ether oxygens (including phenoxy) is 2. The molecule has 0 saturated carbocycles. The summed E-state index contributed by atoms with van der Waals surface area (Å²) in [5, 5.41) is 2.46. The number of benzene rings is 2. The van der Waals surface area contributed by atoms with Crippen LogP contribution in [0.1, 0.15) is 25.8 Å². The Morgan fingerprint density at radius 2 is 1.53 bits per heavy atom. The van der Waals surface area contributed by atoms with E-state index < -0.39 is 30.1 Å². The zero-order valence-electron chi connectivity index (χ0n) is 19.2. The Labute approximate surface area is 199 Å². The fourth-order valence-electron chi connectivity index (χ4n) is 2.74. The highest BCUT2D eigenvalue weighted by molar-refractivity contribution is 7.90. The van der Waals surface area contributed by atoms with Crippen LogP contribution >= 0.6 is 7.75 Å². The largest absolute Gasteiger partial charge is 0.513 e. The number of aryl methyl sites for hydroxylation is 1. The molecule has 0 aliphatic heterocycles. The van der Waals surface area contributed by atoms with Gasteiger partial charge in [0.1, 0.15) is 18.0 Å². The molecule has 12 heteroatoms. The number of sulfone groups is 1. The predicted molar refractivity (Wildman–Crippen MR) is 124 cm³/mol. The maximum absolute atomic E-state index is 13.6. The lowest BCUT2D eigenvalue weighted by Gasteiger charge is -2.21. The van der Waals surface area contributed by atoms with Crippen molar-refractivity contribution in [3.63, 3.8) is 0 Å². The Kier molecular flexibility index (Phi) is 10.1.